The molecular formula is C18H26F3N5OS. The summed E-state index contributed by atoms with van der Waals surface area (Å²) < 4.78 is 37.5. The van der Waals surface area contributed by atoms with Gasteiger partial charge in [-0.25, -0.2) is 4.98 Å². The van der Waals surface area contributed by atoms with Crippen molar-refractivity contribution in [2.75, 3.05) is 30.3 Å². The first-order valence-electron chi connectivity index (χ1n) is 8.84. The molecule has 0 amide bonds. The molecule has 156 valence electrons. The van der Waals surface area contributed by atoms with E-state index in [1.807, 2.05) is 6.92 Å². The van der Waals surface area contributed by atoms with E-state index in [0.717, 1.165) is 6.42 Å². The number of nitrogens with one attached hydrogen (secondary N) is 3. The fourth-order valence-corrected chi connectivity index (χ4v) is 2.63. The van der Waals surface area contributed by atoms with Crippen LogP contribution in [0.2, 0.25) is 0 Å². The molecule has 0 aliphatic heterocycles. The van der Waals surface area contributed by atoms with E-state index in [2.05, 4.69) is 32.5 Å². The first-order chi connectivity index (χ1) is 13.2. The van der Waals surface area contributed by atoms with Crippen molar-refractivity contribution in [2.24, 2.45) is 5.92 Å². The van der Waals surface area contributed by atoms with Gasteiger partial charge in [-0.1, -0.05) is 38.2 Å². The molecule has 1 unspecified atom stereocenters. The van der Waals surface area contributed by atoms with Gasteiger partial charge in [0.15, 0.2) is 0 Å². The minimum Gasteiger partial charge on any atom is -0.396 e. The van der Waals surface area contributed by atoms with Gasteiger partial charge in [0.1, 0.15) is 17.4 Å². The van der Waals surface area contributed by atoms with Crippen molar-refractivity contribution in [3.63, 3.8) is 0 Å². The molecule has 1 aromatic rings. The zero-order valence-corrected chi connectivity index (χ0v) is 16.8. The predicted molar refractivity (Wildman–Crippen MR) is 109 cm³/mol. The van der Waals surface area contributed by atoms with Crippen LogP contribution < -0.4 is 16.0 Å². The second-order valence-electron chi connectivity index (χ2n) is 6.07. The number of hydrogen-bond donors (Lipinski definition) is 4. The molecule has 0 bridgehead atoms. The zero-order chi connectivity index (χ0) is 21.2. The van der Waals surface area contributed by atoms with Gasteiger partial charge in [0, 0.05) is 19.4 Å². The number of aromatic nitrogens is 2. The smallest absolute Gasteiger partial charge is 0.396 e. The lowest BCUT2D eigenvalue weighted by Crippen LogP contribution is -2.25. The summed E-state index contributed by atoms with van der Waals surface area (Å²) in [5, 5.41) is 17.5. The lowest BCUT2D eigenvalue weighted by Gasteiger charge is -2.18. The van der Waals surface area contributed by atoms with Crippen LogP contribution in [-0.2, 0) is 0 Å². The van der Waals surface area contributed by atoms with Crippen molar-refractivity contribution in [3.8, 4) is 0 Å². The van der Waals surface area contributed by atoms with Crippen molar-refractivity contribution in [1.29, 1.82) is 0 Å². The molecule has 0 spiro atoms. The minimum atomic E-state index is -4.38. The van der Waals surface area contributed by atoms with Crippen LogP contribution in [-0.4, -0.2) is 45.9 Å². The summed E-state index contributed by atoms with van der Waals surface area (Å²) in [6.45, 7) is 6.50. The summed E-state index contributed by atoms with van der Waals surface area (Å²) in [7, 11) is 0. The molecule has 0 aliphatic rings. The Morgan fingerprint density at radius 3 is 2.61 bits per heavy atom. The van der Waals surface area contributed by atoms with E-state index in [1.54, 1.807) is 25.3 Å². The highest BCUT2D eigenvalue weighted by Gasteiger charge is 2.27. The van der Waals surface area contributed by atoms with Crippen LogP contribution in [0.1, 0.15) is 31.0 Å². The monoisotopic (exact) mass is 417 g/mol. The summed E-state index contributed by atoms with van der Waals surface area (Å²) in [5.41, 5.74) is 0.930. The van der Waals surface area contributed by atoms with E-state index in [4.69, 9.17) is 12.2 Å². The third-order valence-electron chi connectivity index (χ3n) is 3.89. The van der Waals surface area contributed by atoms with Crippen LogP contribution in [0.25, 0.3) is 0 Å². The maximum absolute atomic E-state index is 12.5. The lowest BCUT2D eigenvalue weighted by molar-refractivity contribution is -0.115. The fourth-order valence-electron chi connectivity index (χ4n) is 2.31. The number of nitrogens with zero attached hydrogens (tertiary/aromatic N) is 2. The first-order valence-corrected chi connectivity index (χ1v) is 9.25. The van der Waals surface area contributed by atoms with Gasteiger partial charge < -0.3 is 21.1 Å². The molecule has 0 fully saturated rings. The second kappa shape index (κ2) is 11.6. The molecule has 0 aromatic carbocycles. The summed E-state index contributed by atoms with van der Waals surface area (Å²) in [4.78, 5) is 8.58. The Hall–Kier alpha value is -2.20. The highest BCUT2D eigenvalue weighted by Crippen LogP contribution is 2.21. The van der Waals surface area contributed by atoms with Crippen LogP contribution in [0.15, 0.2) is 24.9 Å². The van der Waals surface area contributed by atoms with Gasteiger partial charge in [0.05, 0.1) is 11.3 Å². The van der Waals surface area contributed by atoms with E-state index in [-0.39, 0.29) is 18.5 Å². The third kappa shape index (κ3) is 8.22. The second-order valence-corrected chi connectivity index (χ2v) is 6.47. The maximum atomic E-state index is 12.5. The van der Waals surface area contributed by atoms with Gasteiger partial charge in [-0.2, -0.15) is 18.2 Å². The number of aliphatic hydroxyl groups is 1. The number of aryl methyl sites for hydroxylation is 1. The van der Waals surface area contributed by atoms with Crippen LogP contribution in [0.5, 0.6) is 0 Å². The van der Waals surface area contributed by atoms with Gasteiger partial charge in [-0.3, -0.25) is 0 Å². The highest BCUT2D eigenvalue weighted by molar-refractivity contribution is 7.80. The number of alkyl halides is 3. The first kappa shape index (κ1) is 23.8. The van der Waals surface area contributed by atoms with Gasteiger partial charge in [-0.05, 0) is 25.3 Å². The van der Waals surface area contributed by atoms with Crippen LogP contribution in [0.4, 0.5) is 24.9 Å². The lowest BCUT2D eigenvalue weighted by atomic mass is 10.0. The molecule has 1 rings (SSSR count). The minimum absolute atomic E-state index is 0.0680. The average Bonchev–Trinajstić information content (AvgIpc) is 2.63. The van der Waals surface area contributed by atoms with Gasteiger partial charge in [-0.15, -0.1) is 0 Å². The van der Waals surface area contributed by atoms with Crippen LogP contribution in [0, 0.1) is 12.8 Å². The Morgan fingerprint density at radius 2 is 2.04 bits per heavy atom. The van der Waals surface area contributed by atoms with Crippen molar-refractivity contribution < 1.29 is 18.3 Å². The topological polar surface area (TPSA) is 82.1 Å². The molecule has 0 radical (unpaired) electrons. The molecule has 0 aliphatic carbocycles. The Labute approximate surface area is 168 Å². The zero-order valence-electron chi connectivity index (χ0n) is 15.9. The number of halogens is 3. The molecule has 0 saturated heterocycles. The average molecular weight is 418 g/mol. The molecular weight excluding hydrogens is 391 g/mol. The van der Waals surface area contributed by atoms with E-state index >= 15 is 0 Å². The normalized spacial score (nSPS) is 12.6. The summed E-state index contributed by atoms with van der Waals surface area (Å²) in [6, 6.07) is 0. The van der Waals surface area contributed by atoms with Crippen molar-refractivity contribution >= 4 is 29.0 Å². The van der Waals surface area contributed by atoms with Gasteiger partial charge in [0.2, 0.25) is 5.95 Å². The molecule has 0 saturated carbocycles. The molecule has 1 atom stereocenters. The number of allylic oxidation sites excluding steroid dienone is 2. The van der Waals surface area contributed by atoms with Gasteiger partial charge in [0.25, 0.3) is 0 Å². The van der Waals surface area contributed by atoms with Crippen LogP contribution in [0.3, 0.4) is 0 Å². The van der Waals surface area contributed by atoms with Crippen molar-refractivity contribution in [1.82, 2.24) is 15.3 Å². The van der Waals surface area contributed by atoms with Gasteiger partial charge >= 0.3 is 6.18 Å². The van der Waals surface area contributed by atoms with E-state index < -0.39 is 12.7 Å². The van der Waals surface area contributed by atoms with E-state index in [0.29, 0.717) is 35.0 Å². The molecule has 1 aromatic heterocycles. The number of thiocarbonyl (C=S) groups is 1. The summed E-state index contributed by atoms with van der Waals surface area (Å²) in [5.74, 6) is 0.316. The SMILES string of the molecule is C=C/C=C/NC(=S)c1c(C)nc(NCC(F)(F)F)nc1NCCC(CC)CO. The maximum Gasteiger partial charge on any atom is 0.405 e. The fraction of sp³-hybridized carbons (Fsp3) is 0.500. The Morgan fingerprint density at radius 1 is 1.32 bits per heavy atom. The molecule has 10 heteroatoms. The quantitative estimate of drug-likeness (QED) is 0.324. The van der Waals surface area contributed by atoms with Crippen LogP contribution >= 0.6 is 12.2 Å². The number of rotatable bonds is 11. The Bertz CT molecular complexity index is 691. The summed E-state index contributed by atoms with van der Waals surface area (Å²) in [6.07, 6.45) is 1.93. The Kier molecular flexibility index (Phi) is 9.88. The molecule has 1 heterocycles. The number of hydrogen-bond acceptors (Lipinski definition) is 6. The predicted octanol–water partition coefficient (Wildman–Crippen LogP) is 3.54. The van der Waals surface area contributed by atoms with E-state index in [9.17, 15) is 18.3 Å². The Balaban J connectivity index is 3.08. The van der Waals surface area contributed by atoms with E-state index in [1.165, 1.54) is 0 Å². The third-order valence-corrected chi connectivity index (χ3v) is 4.21. The standard InChI is InChI=1S/C18H26F3N5OS/c1-4-6-8-23-16(28)14-12(3)25-17(24-11-18(19,20)21)26-15(14)22-9-7-13(5-2)10-27/h4,6,8,13,27H,1,5,7,9-11H2,2-3H3,(H,23,28)(H2,22,24,25,26)/b8-6+. The van der Waals surface area contributed by atoms with Crippen molar-refractivity contribution in [2.45, 2.75) is 32.9 Å². The highest BCUT2D eigenvalue weighted by atomic mass is 32.1. The number of anilines is 2. The molecule has 28 heavy (non-hydrogen) atoms. The largest absolute Gasteiger partial charge is 0.405 e. The van der Waals surface area contributed by atoms with Crippen molar-refractivity contribution in [3.05, 3.63) is 36.2 Å². The molecule has 6 nitrogen and oxygen atoms in total. The molecule has 4 N–H and O–H groups in total. The summed E-state index contributed by atoms with van der Waals surface area (Å²) >= 11 is 5.37. The number of aliphatic hydroxyl groups excluding tert-OH is 1.